The predicted molar refractivity (Wildman–Crippen MR) is 146 cm³/mol. The Morgan fingerprint density at radius 2 is 1.62 bits per heavy atom. The molecule has 3 rings (SSSR count). The van der Waals surface area contributed by atoms with E-state index in [4.69, 9.17) is 31.7 Å². The number of nitrogen functional groups attached to an aromatic ring is 1. The van der Waals surface area contributed by atoms with Crippen molar-refractivity contribution in [3.8, 4) is 5.75 Å². The van der Waals surface area contributed by atoms with Crippen molar-refractivity contribution in [1.82, 2.24) is 16.0 Å². The number of benzene rings is 2. The van der Waals surface area contributed by atoms with Gasteiger partial charge in [-0.25, -0.2) is 9.36 Å². The van der Waals surface area contributed by atoms with Gasteiger partial charge in [0.05, 0.1) is 6.42 Å². The number of nitrogens with two attached hydrogens (primary N) is 3. The quantitative estimate of drug-likeness (QED) is 0.0961. The first-order valence-electron chi connectivity index (χ1n) is 12.5. The molecule has 0 heterocycles. The lowest BCUT2D eigenvalue weighted by molar-refractivity contribution is -0.133. The fourth-order valence-electron chi connectivity index (χ4n) is 3.86. The zero-order valence-corrected chi connectivity index (χ0v) is 23.0. The Labute approximate surface area is 239 Å². The third kappa shape index (κ3) is 9.76. The van der Waals surface area contributed by atoms with Crippen LogP contribution in [0.15, 0.2) is 48.5 Å². The maximum atomic E-state index is 13.3. The van der Waals surface area contributed by atoms with E-state index < -0.39 is 61.6 Å². The van der Waals surface area contributed by atoms with Gasteiger partial charge in [0.1, 0.15) is 30.0 Å². The molecule has 11 N–H and O–H groups in total. The van der Waals surface area contributed by atoms with Crippen LogP contribution < -0.4 is 37.7 Å². The van der Waals surface area contributed by atoms with E-state index in [0.29, 0.717) is 16.8 Å². The van der Waals surface area contributed by atoms with Crippen LogP contribution in [-0.4, -0.2) is 57.1 Å². The van der Waals surface area contributed by atoms with E-state index in [1.54, 1.807) is 24.3 Å². The highest BCUT2D eigenvalue weighted by Crippen LogP contribution is 2.38. The van der Waals surface area contributed by atoms with E-state index in [1.165, 1.54) is 24.3 Å². The molecule has 16 nitrogen and oxygen atoms in total. The second-order valence-corrected chi connectivity index (χ2v) is 10.8. The van der Waals surface area contributed by atoms with Gasteiger partial charge < -0.3 is 42.4 Å². The fourth-order valence-corrected chi connectivity index (χ4v) is 4.26. The van der Waals surface area contributed by atoms with Gasteiger partial charge in [0.2, 0.25) is 23.6 Å². The van der Waals surface area contributed by atoms with Crippen LogP contribution in [0.25, 0.3) is 0 Å². The van der Waals surface area contributed by atoms with E-state index in [0.717, 1.165) is 0 Å². The molecule has 2 aromatic carbocycles. The van der Waals surface area contributed by atoms with Crippen LogP contribution in [0.3, 0.4) is 0 Å². The van der Waals surface area contributed by atoms with Gasteiger partial charge in [0.25, 0.3) is 0 Å². The summed E-state index contributed by atoms with van der Waals surface area (Å²) >= 11 is 0. The summed E-state index contributed by atoms with van der Waals surface area (Å²) in [5.74, 6) is -3.52. The second-order valence-electron chi connectivity index (χ2n) is 9.62. The van der Waals surface area contributed by atoms with Gasteiger partial charge in [-0.05, 0) is 48.2 Å². The molecule has 5 amide bonds. The maximum Gasteiger partial charge on any atom is 0.524 e. The first-order valence-corrected chi connectivity index (χ1v) is 14.0. The van der Waals surface area contributed by atoms with E-state index in [2.05, 4.69) is 20.5 Å². The topological polar surface area (TPSA) is 275 Å². The number of ether oxygens (including phenoxy) is 1. The molecule has 1 saturated carbocycles. The Balaban J connectivity index is 1.73. The Morgan fingerprint density at radius 3 is 2.17 bits per heavy atom. The molecule has 0 bridgehead atoms. The third-order valence-electron chi connectivity index (χ3n) is 6.12. The monoisotopic (exact) mass is 606 g/mol. The summed E-state index contributed by atoms with van der Waals surface area (Å²) in [6, 6.07) is 9.33. The van der Waals surface area contributed by atoms with Crippen molar-refractivity contribution in [2.75, 3.05) is 5.73 Å². The Hall–Kier alpha value is -4.66. The molecule has 1 fully saturated rings. The predicted octanol–water partition coefficient (Wildman–Crippen LogP) is -0.928. The van der Waals surface area contributed by atoms with Crippen molar-refractivity contribution >= 4 is 43.2 Å². The van der Waals surface area contributed by atoms with Crippen molar-refractivity contribution in [2.45, 2.75) is 49.9 Å². The fraction of sp³-hybridized carbons (Fsp3) is 0.320. The zero-order valence-electron chi connectivity index (χ0n) is 22.1. The molecule has 42 heavy (non-hydrogen) atoms. The molecule has 2 aromatic rings. The Morgan fingerprint density at radius 1 is 0.952 bits per heavy atom. The van der Waals surface area contributed by atoms with E-state index in [9.17, 15) is 28.5 Å². The van der Waals surface area contributed by atoms with Gasteiger partial charge in [-0.15, -0.1) is 0 Å². The molecular formula is C25H31N6O10P. The molecule has 1 aliphatic rings. The first kappa shape index (κ1) is 31.9. The second kappa shape index (κ2) is 13.3. The number of carbonyl (C=O) groups is 5. The molecule has 226 valence electrons. The average molecular weight is 607 g/mol. The van der Waals surface area contributed by atoms with Gasteiger partial charge in [-0.1, -0.05) is 24.3 Å². The van der Waals surface area contributed by atoms with Gasteiger partial charge >= 0.3 is 13.9 Å². The van der Waals surface area contributed by atoms with Gasteiger partial charge in [-0.2, -0.15) is 0 Å². The molecule has 0 spiro atoms. The molecule has 0 aliphatic heterocycles. The summed E-state index contributed by atoms with van der Waals surface area (Å²) in [7, 11) is -4.79. The molecule has 0 radical (unpaired) electrons. The van der Waals surface area contributed by atoms with Crippen molar-refractivity contribution < 1.29 is 47.6 Å². The van der Waals surface area contributed by atoms with Crippen LogP contribution in [0.5, 0.6) is 5.75 Å². The number of phosphoric ester groups is 1. The lowest BCUT2D eigenvalue weighted by Crippen LogP contribution is -2.58. The highest BCUT2D eigenvalue weighted by Gasteiger charge is 2.52. The first-order chi connectivity index (χ1) is 19.7. The molecule has 0 aromatic heterocycles. The van der Waals surface area contributed by atoms with Crippen molar-refractivity contribution in [3.63, 3.8) is 0 Å². The van der Waals surface area contributed by atoms with E-state index >= 15 is 0 Å². The number of primary amides is 2. The highest BCUT2D eigenvalue weighted by atomic mass is 31.2. The number of phosphoric acid groups is 1. The van der Waals surface area contributed by atoms with Gasteiger partial charge in [0, 0.05) is 12.1 Å². The highest BCUT2D eigenvalue weighted by molar-refractivity contribution is 7.46. The maximum absolute atomic E-state index is 13.3. The van der Waals surface area contributed by atoms with Crippen LogP contribution in [0, 0.1) is 0 Å². The Bertz CT molecular complexity index is 1390. The van der Waals surface area contributed by atoms with Crippen LogP contribution >= 0.6 is 7.82 Å². The van der Waals surface area contributed by atoms with Crippen LogP contribution in [0.1, 0.15) is 30.4 Å². The largest absolute Gasteiger partial charge is 0.524 e. The lowest BCUT2D eigenvalue weighted by atomic mass is 10.0. The van der Waals surface area contributed by atoms with Crippen LogP contribution in [0.2, 0.25) is 0 Å². The normalized spacial score (nSPS) is 14.9. The van der Waals surface area contributed by atoms with Crippen LogP contribution in [-0.2, 0) is 41.5 Å². The zero-order chi connectivity index (χ0) is 31.1. The van der Waals surface area contributed by atoms with E-state index in [1.807, 2.05) is 0 Å². The molecule has 0 saturated heterocycles. The van der Waals surface area contributed by atoms with Gasteiger partial charge in [-0.3, -0.25) is 29.0 Å². The van der Waals surface area contributed by atoms with Crippen molar-refractivity contribution in [3.05, 3.63) is 59.7 Å². The molecule has 1 aliphatic carbocycles. The third-order valence-corrected chi connectivity index (χ3v) is 6.57. The number of hydrogen-bond donors (Lipinski definition) is 8. The number of nitrogens with one attached hydrogen (secondary N) is 3. The summed E-state index contributed by atoms with van der Waals surface area (Å²) in [6.07, 6.45) is -1.21. The minimum absolute atomic E-state index is 0.126. The average Bonchev–Trinajstić information content (AvgIpc) is 3.67. The number of anilines is 1. The summed E-state index contributed by atoms with van der Waals surface area (Å²) in [4.78, 5) is 79.7. The number of carbonyl (C=O) groups excluding carboxylic acids is 5. The van der Waals surface area contributed by atoms with E-state index in [-0.39, 0.29) is 31.6 Å². The van der Waals surface area contributed by atoms with Crippen LogP contribution in [0.4, 0.5) is 10.5 Å². The SMILES string of the molecule is NC(=O)C[C@H](NC(=O)C1(NC(=O)[C@H](Cc2ccc(OP(=O)(O)O)cc2)NC(=O)OCc2cccc(N)c2)CC1)C(N)=O. The molecular weight excluding hydrogens is 575 g/mol. The number of hydrogen-bond acceptors (Lipinski definition) is 9. The van der Waals surface area contributed by atoms with Crippen molar-refractivity contribution in [1.29, 1.82) is 0 Å². The molecule has 17 heteroatoms. The number of rotatable bonds is 14. The lowest BCUT2D eigenvalue weighted by Gasteiger charge is -2.24. The summed E-state index contributed by atoms with van der Waals surface area (Å²) in [5, 5.41) is 7.35. The number of amides is 5. The smallest absolute Gasteiger partial charge is 0.445 e. The molecule has 2 atom stereocenters. The standard InChI is InChI=1S/C25H31N6O10P/c26-16-3-1-2-15(10-16)13-40-24(36)30-19(11-14-4-6-17(7-5-14)41-42(37,38)39)22(34)31-25(8-9-25)23(35)29-18(21(28)33)12-20(27)32/h1-7,10,18-19H,8-9,11-13,26H2,(H2,27,32)(H2,28,33)(H,29,35)(H,30,36)(H,31,34)(H2,37,38,39)/t18-,19-/m0/s1. The minimum Gasteiger partial charge on any atom is -0.445 e. The minimum atomic E-state index is -4.79. The van der Waals surface area contributed by atoms with Gasteiger partial charge in [0.15, 0.2) is 0 Å². The van der Waals surface area contributed by atoms with Crippen molar-refractivity contribution in [2.24, 2.45) is 11.5 Å². The summed E-state index contributed by atoms with van der Waals surface area (Å²) in [6.45, 7) is -0.152. The number of alkyl carbamates (subject to hydrolysis) is 1. The Kier molecular flexibility index (Phi) is 10.1. The molecule has 0 unspecified atom stereocenters. The summed E-state index contributed by atoms with van der Waals surface area (Å²) < 4.78 is 20.8. The summed E-state index contributed by atoms with van der Waals surface area (Å²) in [5.41, 5.74) is 16.2.